The Bertz CT molecular complexity index is 680. The fraction of sp³-hybridized carbons (Fsp3) is 0.154. The Morgan fingerprint density at radius 3 is 2.41 bits per heavy atom. The average Bonchev–Trinajstić information content (AvgIpc) is 2.76. The molecule has 1 heterocycles. The average molecular weight is 304 g/mol. The molecule has 2 rings (SSSR count). The Hall–Kier alpha value is -3.23. The first-order valence-corrected chi connectivity index (χ1v) is 6.11. The molecule has 9 heteroatoms. The summed E-state index contributed by atoms with van der Waals surface area (Å²) in [6.07, 6.45) is 0.0347. The summed E-state index contributed by atoms with van der Waals surface area (Å²) in [7, 11) is 1.40. The van der Waals surface area contributed by atoms with Gasteiger partial charge in [-0.3, -0.25) is 9.69 Å². The minimum absolute atomic E-state index is 0.0871. The maximum Gasteiger partial charge on any atom is 0.414 e. The largest absolute Gasteiger partial charge is 0.478 e. The number of guanidine groups is 1. The van der Waals surface area contributed by atoms with Crippen molar-refractivity contribution in [3.63, 3.8) is 0 Å². The van der Waals surface area contributed by atoms with Crippen LogP contribution in [0.2, 0.25) is 0 Å². The molecular weight excluding hydrogens is 292 g/mol. The lowest BCUT2D eigenvalue weighted by Crippen LogP contribution is -2.35. The van der Waals surface area contributed by atoms with Gasteiger partial charge in [-0.15, -0.1) is 5.10 Å². The third-order valence-electron chi connectivity index (χ3n) is 2.95. The van der Waals surface area contributed by atoms with Crippen LogP contribution in [0, 0.1) is 0 Å². The fourth-order valence-corrected chi connectivity index (χ4v) is 1.74. The van der Waals surface area contributed by atoms with E-state index in [4.69, 9.17) is 10.2 Å². The van der Waals surface area contributed by atoms with Gasteiger partial charge in [-0.25, -0.2) is 14.5 Å². The van der Waals surface area contributed by atoms with E-state index in [-0.39, 0.29) is 18.1 Å². The van der Waals surface area contributed by atoms with E-state index >= 15 is 0 Å². The Balaban J connectivity index is 2.17. The molecule has 0 unspecified atom stereocenters. The van der Waals surface area contributed by atoms with Crippen LogP contribution in [0.3, 0.4) is 0 Å². The van der Waals surface area contributed by atoms with Gasteiger partial charge in [0.15, 0.2) is 0 Å². The zero-order valence-electron chi connectivity index (χ0n) is 11.5. The smallest absolute Gasteiger partial charge is 0.414 e. The van der Waals surface area contributed by atoms with Crippen LogP contribution in [0.1, 0.15) is 15.9 Å². The van der Waals surface area contributed by atoms with Crippen molar-refractivity contribution in [2.75, 3.05) is 13.6 Å². The number of benzene rings is 1. The molecule has 1 fully saturated rings. The van der Waals surface area contributed by atoms with Crippen LogP contribution in [-0.2, 0) is 4.79 Å². The Morgan fingerprint density at radius 2 is 1.86 bits per heavy atom. The Kier molecular flexibility index (Phi) is 4.16. The summed E-state index contributed by atoms with van der Waals surface area (Å²) in [4.78, 5) is 35.1. The lowest BCUT2D eigenvalue weighted by molar-refractivity contribution is -0.124. The maximum absolute atomic E-state index is 11.5. The van der Waals surface area contributed by atoms with Gasteiger partial charge >= 0.3 is 12.1 Å². The van der Waals surface area contributed by atoms with E-state index in [9.17, 15) is 14.4 Å². The van der Waals surface area contributed by atoms with E-state index in [1.807, 2.05) is 0 Å². The highest BCUT2D eigenvalue weighted by Gasteiger charge is 2.35. The molecule has 2 amide bonds. The van der Waals surface area contributed by atoms with E-state index in [2.05, 4.69) is 10.2 Å². The SMILES string of the molecule is CN1C(=O)CN(C(=O)O)C1=NN=Cc1ccc(C(=O)O)cc1. The number of carboxylic acids is 1. The summed E-state index contributed by atoms with van der Waals surface area (Å²) in [6.45, 7) is -0.298. The summed E-state index contributed by atoms with van der Waals surface area (Å²) in [5.74, 6) is -1.52. The molecule has 0 atom stereocenters. The van der Waals surface area contributed by atoms with Crippen molar-refractivity contribution >= 4 is 30.1 Å². The zero-order valence-corrected chi connectivity index (χ0v) is 11.5. The van der Waals surface area contributed by atoms with Gasteiger partial charge in [0, 0.05) is 7.05 Å². The van der Waals surface area contributed by atoms with Crippen LogP contribution in [0.15, 0.2) is 34.5 Å². The molecule has 0 spiro atoms. The van der Waals surface area contributed by atoms with E-state index in [1.54, 1.807) is 0 Å². The van der Waals surface area contributed by atoms with E-state index in [1.165, 1.54) is 37.5 Å². The van der Waals surface area contributed by atoms with Crippen LogP contribution in [0.25, 0.3) is 0 Å². The van der Waals surface area contributed by atoms with Gasteiger partial charge in [0.25, 0.3) is 0 Å². The highest BCUT2D eigenvalue weighted by Crippen LogP contribution is 2.09. The Morgan fingerprint density at radius 1 is 1.23 bits per heavy atom. The molecule has 1 saturated heterocycles. The molecular formula is C13H12N4O5. The maximum atomic E-state index is 11.5. The second-order valence-corrected chi connectivity index (χ2v) is 4.39. The second-order valence-electron chi connectivity index (χ2n) is 4.39. The number of rotatable bonds is 3. The van der Waals surface area contributed by atoms with Crippen LogP contribution >= 0.6 is 0 Å². The Labute approximate surface area is 124 Å². The number of nitrogens with zero attached hydrogens (tertiary/aromatic N) is 4. The highest BCUT2D eigenvalue weighted by atomic mass is 16.4. The van der Waals surface area contributed by atoms with Crippen molar-refractivity contribution in [2.24, 2.45) is 10.2 Å². The third kappa shape index (κ3) is 3.08. The molecule has 0 aliphatic carbocycles. The van der Waals surface area contributed by atoms with Crippen molar-refractivity contribution in [1.29, 1.82) is 0 Å². The molecule has 22 heavy (non-hydrogen) atoms. The number of amides is 2. The molecule has 1 aromatic carbocycles. The van der Waals surface area contributed by atoms with Crippen LogP contribution in [0.5, 0.6) is 0 Å². The first kappa shape index (κ1) is 15.2. The summed E-state index contributed by atoms with van der Waals surface area (Å²) in [5.41, 5.74) is 0.727. The predicted molar refractivity (Wildman–Crippen MR) is 75.9 cm³/mol. The zero-order chi connectivity index (χ0) is 16.3. The molecule has 0 saturated carbocycles. The van der Waals surface area contributed by atoms with Gasteiger partial charge in [0.1, 0.15) is 6.54 Å². The van der Waals surface area contributed by atoms with Crippen molar-refractivity contribution in [1.82, 2.24) is 9.80 Å². The lowest BCUT2D eigenvalue weighted by Gasteiger charge is -2.12. The number of likely N-dealkylation sites (N-methyl/N-ethyl adjacent to an activating group) is 1. The number of carbonyl (C=O) groups is 3. The lowest BCUT2D eigenvalue weighted by atomic mass is 10.1. The van der Waals surface area contributed by atoms with Gasteiger partial charge < -0.3 is 10.2 Å². The number of hydrogen-bond acceptors (Lipinski definition) is 5. The second kappa shape index (κ2) is 6.04. The molecule has 2 N–H and O–H groups in total. The predicted octanol–water partition coefficient (Wildman–Crippen LogP) is 0.527. The first-order chi connectivity index (χ1) is 10.4. The number of hydrogen-bond donors (Lipinski definition) is 2. The summed E-state index contributed by atoms with van der Waals surface area (Å²) < 4.78 is 0. The van der Waals surface area contributed by atoms with Crippen molar-refractivity contribution in [3.8, 4) is 0 Å². The fourth-order valence-electron chi connectivity index (χ4n) is 1.74. The highest BCUT2D eigenvalue weighted by molar-refractivity contribution is 6.10. The minimum atomic E-state index is -1.29. The normalized spacial score (nSPS) is 16.8. The van der Waals surface area contributed by atoms with Gasteiger partial charge in [-0.1, -0.05) is 12.1 Å². The van der Waals surface area contributed by atoms with Crippen LogP contribution in [0.4, 0.5) is 4.79 Å². The van der Waals surface area contributed by atoms with Crippen molar-refractivity contribution in [3.05, 3.63) is 35.4 Å². The van der Waals surface area contributed by atoms with E-state index < -0.39 is 18.0 Å². The number of carboxylic acid groups (broad SMARTS) is 2. The number of aromatic carboxylic acids is 1. The first-order valence-electron chi connectivity index (χ1n) is 6.11. The molecule has 114 valence electrons. The number of carbonyl (C=O) groups excluding carboxylic acids is 1. The van der Waals surface area contributed by atoms with E-state index in [0.29, 0.717) is 5.56 Å². The monoisotopic (exact) mass is 304 g/mol. The van der Waals surface area contributed by atoms with Gasteiger partial charge in [0.05, 0.1) is 11.8 Å². The standard InChI is InChI=1S/C13H12N4O5/c1-16-10(18)7-17(13(21)22)12(16)15-14-6-8-2-4-9(5-3-8)11(19)20/h2-6H,7H2,1H3,(H,19,20)(H,21,22). The van der Waals surface area contributed by atoms with Crippen molar-refractivity contribution in [2.45, 2.75) is 0 Å². The van der Waals surface area contributed by atoms with Crippen LogP contribution in [-0.4, -0.2) is 63.7 Å². The minimum Gasteiger partial charge on any atom is -0.478 e. The molecule has 1 aliphatic heterocycles. The van der Waals surface area contributed by atoms with Crippen molar-refractivity contribution < 1.29 is 24.6 Å². The van der Waals surface area contributed by atoms with Gasteiger partial charge in [-0.05, 0) is 17.7 Å². The quantitative estimate of drug-likeness (QED) is 0.622. The molecule has 1 aromatic rings. The van der Waals surface area contributed by atoms with E-state index in [0.717, 1.165) is 9.80 Å². The molecule has 1 aliphatic rings. The molecule has 9 nitrogen and oxygen atoms in total. The topological polar surface area (TPSA) is 123 Å². The summed E-state index contributed by atoms with van der Waals surface area (Å²) in [6, 6.07) is 5.88. The summed E-state index contributed by atoms with van der Waals surface area (Å²) in [5, 5.41) is 25.2. The van der Waals surface area contributed by atoms with Crippen LogP contribution < -0.4 is 0 Å². The third-order valence-corrected chi connectivity index (χ3v) is 2.95. The molecule has 0 bridgehead atoms. The molecule has 0 radical (unpaired) electrons. The molecule has 0 aromatic heterocycles. The van der Waals surface area contributed by atoms with Gasteiger partial charge in [-0.2, -0.15) is 5.10 Å². The van der Waals surface area contributed by atoms with Gasteiger partial charge in [0.2, 0.25) is 11.9 Å². The summed E-state index contributed by atoms with van der Waals surface area (Å²) >= 11 is 0.